The maximum Gasteiger partial charge on any atom is 0.104 e. The maximum atomic E-state index is 4.21. The van der Waals surface area contributed by atoms with Crippen LogP contribution in [0.3, 0.4) is 0 Å². The molecule has 2 nitrogen and oxygen atoms in total. The lowest BCUT2D eigenvalue weighted by Gasteiger charge is -1.99. The van der Waals surface area contributed by atoms with Gasteiger partial charge in [0.25, 0.3) is 0 Å². The van der Waals surface area contributed by atoms with Crippen LogP contribution in [-0.4, -0.2) is 16.2 Å². The molecule has 0 aliphatic rings. The van der Waals surface area contributed by atoms with Crippen LogP contribution in [0.4, 0.5) is 0 Å². The third-order valence-electron chi connectivity index (χ3n) is 1.71. The van der Waals surface area contributed by atoms with Gasteiger partial charge >= 0.3 is 0 Å². The van der Waals surface area contributed by atoms with Crippen LogP contribution in [0, 0.1) is 0 Å². The number of benzene rings is 1. The zero-order valence-electron chi connectivity index (χ0n) is 6.47. The highest BCUT2D eigenvalue weighted by Gasteiger charge is 2.04. The van der Waals surface area contributed by atoms with Crippen molar-refractivity contribution in [1.29, 1.82) is 0 Å². The first-order valence-corrected chi connectivity index (χ1v) is 5.50. The summed E-state index contributed by atoms with van der Waals surface area (Å²) < 4.78 is 1.08. The third kappa shape index (κ3) is 1.15. The molecule has 0 amide bonds. The number of nitrogens with one attached hydrogen (secondary N) is 1. The third-order valence-corrected chi connectivity index (χ3v) is 3.56. The van der Waals surface area contributed by atoms with Crippen molar-refractivity contribution in [2.45, 2.75) is 4.90 Å². The summed E-state index contributed by atoms with van der Waals surface area (Å²) in [6, 6.07) is 4.12. The number of fused-ring (bicyclic) bond motifs is 1. The molecule has 1 heterocycles. The molecule has 0 aliphatic carbocycles. The molecule has 0 saturated carbocycles. The standard InChI is InChI=1S/C8H7BrN2S/c1-12-6-3-2-5-8(7(6)9)11-4-10-5/h2-4H,1H3,(H,10,11). The summed E-state index contributed by atoms with van der Waals surface area (Å²) in [5.41, 5.74) is 2.07. The molecule has 0 spiro atoms. The molecule has 0 saturated heterocycles. The molecule has 1 aromatic heterocycles. The first kappa shape index (κ1) is 8.13. The first-order valence-electron chi connectivity index (χ1n) is 3.48. The van der Waals surface area contributed by atoms with Crippen molar-refractivity contribution in [3.05, 3.63) is 22.9 Å². The summed E-state index contributed by atoms with van der Waals surface area (Å²) in [5.74, 6) is 0. The van der Waals surface area contributed by atoms with E-state index in [0.717, 1.165) is 15.5 Å². The lowest BCUT2D eigenvalue weighted by molar-refractivity contribution is 1.34. The normalized spacial score (nSPS) is 10.8. The van der Waals surface area contributed by atoms with Crippen molar-refractivity contribution in [2.75, 3.05) is 6.26 Å². The fourth-order valence-electron chi connectivity index (χ4n) is 1.11. The first-order chi connectivity index (χ1) is 5.83. The highest BCUT2D eigenvalue weighted by molar-refractivity contribution is 9.10. The predicted octanol–water partition coefficient (Wildman–Crippen LogP) is 3.05. The van der Waals surface area contributed by atoms with Gasteiger partial charge in [0.15, 0.2) is 0 Å². The molecule has 2 aromatic rings. The molecule has 12 heavy (non-hydrogen) atoms. The molecule has 62 valence electrons. The fraction of sp³-hybridized carbons (Fsp3) is 0.125. The Morgan fingerprint density at radius 1 is 1.50 bits per heavy atom. The van der Waals surface area contributed by atoms with Gasteiger partial charge in [0.2, 0.25) is 0 Å². The Labute approximate surface area is 82.9 Å². The summed E-state index contributed by atoms with van der Waals surface area (Å²) in [5, 5.41) is 0. The van der Waals surface area contributed by atoms with Gasteiger partial charge < -0.3 is 4.98 Å². The van der Waals surface area contributed by atoms with Crippen LogP contribution < -0.4 is 0 Å². The van der Waals surface area contributed by atoms with E-state index in [0.29, 0.717) is 0 Å². The van der Waals surface area contributed by atoms with Gasteiger partial charge in [-0.15, -0.1) is 11.8 Å². The Morgan fingerprint density at radius 3 is 3.08 bits per heavy atom. The zero-order chi connectivity index (χ0) is 8.55. The molecule has 0 radical (unpaired) electrons. The van der Waals surface area contributed by atoms with Crippen molar-refractivity contribution >= 4 is 38.7 Å². The molecule has 0 bridgehead atoms. The minimum absolute atomic E-state index is 1.00. The Balaban J connectivity index is 2.78. The number of nitrogens with zero attached hydrogens (tertiary/aromatic N) is 1. The van der Waals surface area contributed by atoms with Crippen LogP contribution >= 0.6 is 27.7 Å². The van der Waals surface area contributed by atoms with E-state index in [1.54, 1.807) is 18.1 Å². The van der Waals surface area contributed by atoms with Crippen molar-refractivity contribution in [3.8, 4) is 0 Å². The van der Waals surface area contributed by atoms with E-state index in [1.807, 2.05) is 6.07 Å². The van der Waals surface area contributed by atoms with Gasteiger partial charge in [0.1, 0.15) is 5.52 Å². The van der Waals surface area contributed by atoms with Gasteiger partial charge in [0.05, 0.1) is 16.3 Å². The van der Waals surface area contributed by atoms with Crippen LogP contribution in [-0.2, 0) is 0 Å². The molecular formula is C8H7BrN2S. The largest absolute Gasteiger partial charge is 0.345 e. The van der Waals surface area contributed by atoms with Crippen molar-refractivity contribution < 1.29 is 0 Å². The SMILES string of the molecule is CSc1ccc2[nH]cnc2c1Br. The van der Waals surface area contributed by atoms with Crippen LogP contribution in [0.5, 0.6) is 0 Å². The van der Waals surface area contributed by atoms with E-state index in [4.69, 9.17) is 0 Å². The minimum Gasteiger partial charge on any atom is -0.345 e. The molecule has 0 fully saturated rings. The zero-order valence-corrected chi connectivity index (χ0v) is 8.87. The lowest BCUT2D eigenvalue weighted by Crippen LogP contribution is -1.76. The summed E-state index contributed by atoms with van der Waals surface area (Å²) >= 11 is 5.23. The number of thioether (sulfide) groups is 1. The average molecular weight is 243 g/mol. The number of rotatable bonds is 1. The number of H-pyrrole nitrogens is 1. The van der Waals surface area contributed by atoms with Gasteiger partial charge in [-0.3, -0.25) is 0 Å². The highest BCUT2D eigenvalue weighted by Crippen LogP contribution is 2.30. The van der Waals surface area contributed by atoms with E-state index >= 15 is 0 Å². The second kappa shape index (κ2) is 3.11. The van der Waals surface area contributed by atoms with Crippen LogP contribution in [0.2, 0.25) is 0 Å². The highest BCUT2D eigenvalue weighted by atomic mass is 79.9. The lowest BCUT2D eigenvalue weighted by atomic mass is 10.3. The Kier molecular flexibility index (Phi) is 2.11. The molecular weight excluding hydrogens is 236 g/mol. The van der Waals surface area contributed by atoms with Crippen LogP contribution in [0.15, 0.2) is 27.8 Å². The predicted molar refractivity (Wildman–Crippen MR) is 55.6 cm³/mol. The second-order valence-electron chi connectivity index (χ2n) is 2.38. The molecule has 1 N–H and O–H groups in total. The minimum atomic E-state index is 1.00. The number of imidazole rings is 1. The number of aromatic nitrogens is 2. The summed E-state index contributed by atoms with van der Waals surface area (Å²) in [6.07, 6.45) is 3.76. The van der Waals surface area contributed by atoms with E-state index in [-0.39, 0.29) is 0 Å². The molecule has 0 aliphatic heterocycles. The summed E-state index contributed by atoms with van der Waals surface area (Å²) in [6.45, 7) is 0. The van der Waals surface area contributed by atoms with Crippen molar-refractivity contribution in [2.24, 2.45) is 0 Å². The molecule has 0 atom stereocenters. The molecule has 0 unspecified atom stereocenters. The average Bonchev–Trinajstić information content (AvgIpc) is 2.53. The van der Waals surface area contributed by atoms with Crippen LogP contribution in [0.1, 0.15) is 0 Å². The number of hydrogen-bond donors (Lipinski definition) is 1. The van der Waals surface area contributed by atoms with Gasteiger partial charge in [-0.25, -0.2) is 4.98 Å². The topological polar surface area (TPSA) is 28.7 Å². The molecule has 2 rings (SSSR count). The van der Waals surface area contributed by atoms with Crippen molar-refractivity contribution in [1.82, 2.24) is 9.97 Å². The number of aromatic amines is 1. The van der Waals surface area contributed by atoms with E-state index in [2.05, 4.69) is 38.2 Å². The van der Waals surface area contributed by atoms with Gasteiger partial charge in [0, 0.05) is 4.90 Å². The fourth-order valence-corrected chi connectivity index (χ4v) is 2.53. The monoisotopic (exact) mass is 242 g/mol. The van der Waals surface area contributed by atoms with E-state index in [9.17, 15) is 0 Å². The van der Waals surface area contributed by atoms with Gasteiger partial charge in [-0.2, -0.15) is 0 Å². The van der Waals surface area contributed by atoms with Gasteiger partial charge in [-0.1, -0.05) is 0 Å². The van der Waals surface area contributed by atoms with E-state index < -0.39 is 0 Å². The quantitative estimate of drug-likeness (QED) is 0.780. The summed E-state index contributed by atoms with van der Waals surface area (Å²) in [4.78, 5) is 8.49. The second-order valence-corrected chi connectivity index (χ2v) is 4.02. The Morgan fingerprint density at radius 2 is 2.33 bits per heavy atom. The van der Waals surface area contributed by atoms with Crippen LogP contribution in [0.25, 0.3) is 11.0 Å². The maximum absolute atomic E-state index is 4.21. The number of halogens is 1. The smallest absolute Gasteiger partial charge is 0.104 e. The summed E-state index contributed by atoms with van der Waals surface area (Å²) in [7, 11) is 0. The molecule has 1 aromatic carbocycles. The molecule has 4 heteroatoms. The van der Waals surface area contributed by atoms with Gasteiger partial charge in [-0.05, 0) is 34.3 Å². The number of hydrogen-bond acceptors (Lipinski definition) is 2. The van der Waals surface area contributed by atoms with E-state index in [1.165, 1.54) is 4.90 Å². The Bertz CT molecular complexity index is 410. The van der Waals surface area contributed by atoms with Crippen molar-refractivity contribution in [3.63, 3.8) is 0 Å². The Hall–Kier alpha value is -0.480.